The van der Waals surface area contributed by atoms with Crippen LogP contribution in [-0.2, 0) is 9.05 Å². The Hall–Kier alpha value is 0.240. The highest BCUT2D eigenvalue weighted by Crippen LogP contribution is 2.53. The Bertz CT molecular complexity index is 326. The van der Waals surface area contributed by atoms with E-state index in [4.69, 9.17) is 10.7 Å². The maximum Gasteiger partial charge on any atom is 0.238 e. The zero-order valence-electron chi connectivity index (χ0n) is 8.55. The second-order valence-corrected chi connectivity index (χ2v) is 8.25. The Balaban J connectivity index is 1.81. The lowest BCUT2D eigenvalue weighted by Crippen LogP contribution is -2.17. The van der Waals surface area contributed by atoms with Gasteiger partial charge in [-0.25, -0.2) is 8.42 Å². The van der Waals surface area contributed by atoms with Gasteiger partial charge in [-0.2, -0.15) is 0 Å². The van der Waals surface area contributed by atoms with Gasteiger partial charge < -0.3 is 0 Å². The van der Waals surface area contributed by atoms with Gasteiger partial charge in [-0.3, -0.25) is 0 Å². The fraction of sp³-hybridized carbons (Fsp3) is 1.00. The van der Waals surface area contributed by atoms with Gasteiger partial charge in [0.05, 0.1) is 4.75 Å². The first-order chi connectivity index (χ1) is 6.37. The Kier molecular flexibility index (Phi) is 2.39. The molecule has 2 aliphatic rings. The van der Waals surface area contributed by atoms with Crippen molar-refractivity contribution in [3.8, 4) is 0 Å². The van der Waals surface area contributed by atoms with E-state index in [-0.39, 0.29) is 0 Å². The maximum atomic E-state index is 11.3. The molecule has 2 nitrogen and oxygen atoms in total. The topological polar surface area (TPSA) is 34.1 Å². The van der Waals surface area contributed by atoms with Crippen molar-refractivity contribution in [3.05, 3.63) is 0 Å². The van der Waals surface area contributed by atoms with Crippen molar-refractivity contribution in [1.82, 2.24) is 0 Å². The highest BCUT2D eigenvalue weighted by Gasteiger charge is 2.53. The second kappa shape index (κ2) is 3.11. The van der Waals surface area contributed by atoms with Crippen LogP contribution in [0.1, 0.15) is 51.9 Å². The quantitative estimate of drug-likeness (QED) is 0.688. The highest BCUT2D eigenvalue weighted by atomic mass is 35.7. The van der Waals surface area contributed by atoms with Crippen LogP contribution >= 0.6 is 10.7 Å². The van der Waals surface area contributed by atoms with Gasteiger partial charge in [0.15, 0.2) is 0 Å². The molecule has 0 N–H and O–H groups in total. The van der Waals surface area contributed by atoms with Crippen molar-refractivity contribution in [2.75, 3.05) is 0 Å². The summed E-state index contributed by atoms with van der Waals surface area (Å²) in [5.74, 6) is 0. The van der Waals surface area contributed by atoms with Crippen LogP contribution in [0, 0.1) is 5.41 Å². The van der Waals surface area contributed by atoms with E-state index in [0.29, 0.717) is 5.41 Å². The average Bonchev–Trinajstić information content (AvgIpc) is 2.88. The summed E-state index contributed by atoms with van der Waals surface area (Å²) in [6.45, 7) is 2.28. The van der Waals surface area contributed by atoms with Crippen LogP contribution in [0.2, 0.25) is 0 Å². The third kappa shape index (κ3) is 2.08. The summed E-state index contributed by atoms with van der Waals surface area (Å²) in [6, 6.07) is 0. The molecule has 0 radical (unpaired) electrons. The van der Waals surface area contributed by atoms with E-state index in [2.05, 4.69) is 6.92 Å². The number of halogens is 1. The Morgan fingerprint density at radius 1 is 1.14 bits per heavy atom. The molecule has 0 aromatic carbocycles. The Morgan fingerprint density at radius 3 is 2.07 bits per heavy atom. The molecule has 0 aliphatic heterocycles. The summed E-state index contributed by atoms with van der Waals surface area (Å²) in [4.78, 5) is 0. The first-order valence-electron chi connectivity index (χ1n) is 5.31. The molecular weight excluding hydrogens is 220 g/mol. The fourth-order valence-corrected chi connectivity index (χ4v) is 3.73. The van der Waals surface area contributed by atoms with E-state index in [9.17, 15) is 8.42 Å². The summed E-state index contributed by atoms with van der Waals surface area (Å²) < 4.78 is 22.0. The molecule has 2 rings (SSSR count). The molecule has 0 saturated heterocycles. The largest absolute Gasteiger partial charge is 0.238 e. The molecule has 14 heavy (non-hydrogen) atoms. The number of rotatable bonds is 5. The molecule has 0 amide bonds. The average molecular weight is 237 g/mol. The van der Waals surface area contributed by atoms with Crippen molar-refractivity contribution >= 4 is 19.7 Å². The van der Waals surface area contributed by atoms with Gasteiger partial charge in [-0.15, -0.1) is 0 Å². The van der Waals surface area contributed by atoms with Gasteiger partial charge in [0.1, 0.15) is 0 Å². The molecule has 0 aromatic heterocycles. The molecule has 0 heterocycles. The summed E-state index contributed by atoms with van der Waals surface area (Å²) in [6.07, 6.45) is 7.13. The fourth-order valence-electron chi connectivity index (χ4n) is 2.06. The molecule has 0 bridgehead atoms. The SMILES string of the molecule is CC1(CCCC2(S(=O)(=O)Cl)CC2)CC1. The monoisotopic (exact) mass is 236 g/mol. The van der Waals surface area contributed by atoms with Crippen LogP contribution in [0.3, 0.4) is 0 Å². The summed E-state index contributed by atoms with van der Waals surface area (Å²) >= 11 is 0. The molecule has 82 valence electrons. The minimum Gasteiger partial charge on any atom is -0.212 e. The van der Waals surface area contributed by atoms with E-state index in [0.717, 1.165) is 25.7 Å². The first kappa shape index (κ1) is 10.7. The molecule has 0 atom stereocenters. The molecule has 0 unspecified atom stereocenters. The van der Waals surface area contributed by atoms with Crippen LogP contribution in [0.25, 0.3) is 0 Å². The van der Waals surface area contributed by atoms with E-state index in [1.165, 1.54) is 19.3 Å². The maximum absolute atomic E-state index is 11.3. The van der Waals surface area contributed by atoms with Crippen LogP contribution in [0.5, 0.6) is 0 Å². The zero-order chi connectivity index (χ0) is 10.4. The van der Waals surface area contributed by atoms with Crippen molar-refractivity contribution in [3.63, 3.8) is 0 Å². The van der Waals surface area contributed by atoms with Gasteiger partial charge in [0.2, 0.25) is 9.05 Å². The molecule has 0 aromatic rings. The highest BCUT2D eigenvalue weighted by molar-refractivity contribution is 8.15. The Morgan fingerprint density at radius 2 is 1.71 bits per heavy atom. The third-order valence-electron chi connectivity index (χ3n) is 3.84. The van der Waals surface area contributed by atoms with Gasteiger partial charge in [0.25, 0.3) is 0 Å². The van der Waals surface area contributed by atoms with Gasteiger partial charge >= 0.3 is 0 Å². The smallest absolute Gasteiger partial charge is 0.212 e. The molecule has 0 spiro atoms. The van der Waals surface area contributed by atoms with Crippen molar-refractivity contribution in [2.24, 2.45) is 5.41 Å². The summed E-state index contributed by atoms with van der Waals surface area (Å²) in [5.41, 5.74) is 0.534. The van der Waals surface area contributed by atoms with Crippen molar-refractivity contribution in [1.29, 1.82) is 0 Å². The van der Waals surface area contributed by atoms with Crippen LogP contribution in [0.15, 0.2) is 0 Å². The summed E-state index contributed by atoms with van der Waals surface area (Å²) in [7, 11) is 2.11. The van der Waals surface area contributed by atoms with E-state index in [1.54, 1.807) is 0 Å². The molecule has 4 heteroatoms. The second-order valence-electron chi connectivity index (χ2n) is 5.29. The standard InChI is InChI=1S/C10H17ClO2S/c1-9(5-6-9)3-2-4-10(7-8-10)14(11,12)13/h2-8H2,1H3. The minimum atomic E-state index is -3.32. The van der Waals surface area contributed by atoms with E-state index >= 15 is 0 Å². The van der Waals surface area contributed by atoms with Crippen LogP contribution in [-0.4, -0.2) is 13.2 Å². The summed E-state index contributed by atoms with van der Waals surface area (Å²) in [5, 5.41) is 0. The lowest BCUT2D eigenvalue weighted by molar-refractivity contribution is 0.471. The molecular formula is C10H17ClO2S. The Labute approximate surface area is 90.4 Å². The van der Waals surface area contributed by atoms with Gasteiger partial charge in [0, 0.05) is 10.7 Å². The molecule has 2 saturated carbocycles. The lowest BCUT2D eigenvalue weighted by atomic mass is 10.0. The number of hydrogen-bond acceptors (Lipinski definition) is 2. The van der Waals surface area contributed by atoms with Gasteiger partial charge in [-0.1, -0.05) is 13.3 Å². The van der Waals surface area contributed by atoms with Crippen molar-refractivity contribution < 1.29 is 8.42 Å². The van der Waals surface area contributed by atoms with E-state index in [1.807, 2.05) is 0 Å². The first-order valence-corrected chi connectivity index (χ1v) is 7.62. The van der Waals surface area contributed by atoms with Crippen LogP contribution < -0.4 is 0 Å². The molecule has 2 aliphatic carbocycles. The lowest BCUT2D eigenvalue weighted by Gasteiger charge is -2.12. The predicted molar refractivity (Wildman–Crippen MR) is 57.9 cm³/mol. The van der Waals surface area contributed by atoms with Crippen molar-refractivity contribution in [2.45, 2.75) is 56.6 Å². The zero-order valence-corrected chi connectivity index (χ0v) is 10.1. The van der Waals surface area contributed by atoms with E-state index < -0.39 is 13.8 Å². The van der Waals surface area contributed by atoms with Gasteiger partial charge in [-0.05, 0) is 43.9 Å². The predicted octanol–water partition coefficient (Wildman–Crippen LogP) is 3.06. The third-order valence-corrected chi connectivity index (χ3v) is 6.47. The van der Waals surface area contributed by atoms with Crippen LogP contribution in [0.4, 0.5) is 0 Å². The number of hydrogen-bond donors (Lipinski definition) is 0. The molecule has 2 fully saturated rings. The minimum absolute atomic E-state index is 0.528. The normalized spacial score (nSPS) is 27.3.